The van der Waals surface area contributed by atoms with E-state index in [9.17, 15) is 4.79 Å². The van der Waals surface area contributed by atoms with Crippen LogP contribution < -0.4 is 14.8 Å². The molecule has 23 heavy (non-hydrogen) atoms. The fourth-order valence-electron chi connectivity index (χ4n) is 2.57. The van der Waals surface area contributed by atoms with Crippen molar-refractivity contribution in [1.29, 1.82) is 0 Å². The van der Waals surface area contributed by atoms with Crippen molar-refractivity contribution in [3.63, 3.8) is 0 Å². The number of nitrogens with zero attached hydrogens (tertiary/aromatic N) is 2. The summed E-state index contributed by atoms with van der Waals surface area (Å²) in [6, 6.07) is 5.45. The predicted octanol–water partition coefficient (Wildman–Crippen LogP) is 2.64. The third kappa shape index (κ3) is 2.99. The van der Waals surface area contributed by atoms with Gasteiger partial charge in [0.15, 0.2) is 11.5 Å². The maximum absolute atomic E-state index is 12.5. The van der Waals surface area contributed by atoms with E-state index < -0.39 is 0 Å². The Morgan fingerprint density at radius 2 is 2.04 bits per heavy atom. The summed E-state index contributed by atoms with van der Waals surface area (Å²) in [7, 11) is 1.70. The molecule has 122 valence electrons. The molecule has 0 saturated carbocycles. The highest BCUT2D eigenvalue weighted by Crippen LogP contribution is 2.32. The summed E-state index contributed by atoms with van der Waals surface area (Å²) < 4.78 is 12.6. The standard InChI is InChI=1S/C16H18ClN3O3/c1-9(11-4-5-12-13(8-11)23-7-6-22-12)18-16(21)14-10(2)19-20(3)15(14)17/h4-5,8-9H,6-7H2,1-3H3,(H,18,21). The number of rotatable bonds is 3. The van der Waals surface area contributed by atoms with Gasteiger partial charge < -0.3 is 14.8 Å². The highest BCUT2D eigenvalue weighted by molar-refractivity contribution is 6.33. The number of fused-ring (bicyclic) bond motifs is 1. The highest BCUT2D eigenvalue weighted by Gasteiger charge is 2.21. The van der Waals surface area contributed by atoms with Crippen molar-refractivity contribution in [2.75, 3.05) is 13.2 Å². The first-order chi connectivity index (χ1) is 11.0. The van der Waals surface area contributed by atoms with Gasteiger partial charge in [0.05, 0.1) is 17.3 Å². The van der Waals surface area contributed by atoms with Crippen LogP contribution in [0.15, 0.2) is 18.2 Å². The Balaban J connectivity index is 1.78. The van der Waals surface area contributed by atoms with E-state index in [1.54, 1.807) is 14.0 Å². The van der Waals surface area contributed by atoms with Gasteiger partial charge in [-0.05, 0) is 31.5 Å². The molecule has 1 aromatic heterocycles. The minimum atomic E-state index is -0.247. The van der Waals surface area contributed by atoms with Crippen molar-refractivity contribution in [1.82, 2.24) is 15.1 Å². The molecular formula is C16H18ClN3O3. The Morgan fingerprint density at radius 1 is 1.35 bits per heavy atom. The van der Waals surface area contributed by atoms with Gasteiger partial charge in [-0.3, -0.25) is 9.48 Å². The fraction of sp³-hybridized carbons (Fsp3) is 0.375. The number of benzene rings is 1. The molecular weight excluding hydrogens is 318 g/mol. The number of halogens is 1. The van der Waals surface area contributed by atoms with Gasteiger partial charge in [0.1, 0.15) is 18.4 Å². The van der Waals surface area contributed by atoms with Crippen LogP contribution in [-0.4, -0.2) is 28.9 Å². The Bertz CT molecular complexity index is 757. The van der Waals surface area contributed by atoms with E-state index >= 15 is 0 Å². The van der Waals surface area contributed by atoms with Crippen molar-refractivity contribution in [2.24, 2.45) is 7.05 Å². The summed E-state index contributed by atoms with van der Waals surface area (Å²) in [5.41, 5.74) is 1.93. The zero-order valence-electron chi connectivity index (χ0n) is 13.2. The SMILES string of the molecule is Cc1nn(C)c(Cl)c1C(=O)NC(C)c1ccc2c(c1)OCCO2. The van der Waals surface area contributed by atoms with E-state index in [1.165, 1.54) is 4.68 Å². The molecule has 6 nitrogen and oxygen atoms in total. The van der Waals surface area contributed by atoms with E-state index in [1.807, 2.05) is 25.1 Å². The van der Waals surface area contributed by atoms with Crippen LogP contribution in [0.4, 0.5) is 0 Å². The van der Waals surface area contributed by atoms with Gasteiger partial charge >= 0.3 is 0 Å². The molecule has 1 atom stereocenters. The molecule has 1 amide bonds. The third-order valence-corrected chi connectivity index (χ3v) is 4.23. The van der Waals surface area contributed by atoms with E-state index in [2.05, 4.69) is 10.4 Å². The molecule has 1 unspecified atom stereocenters. The topological polar surface area (TPSA) is 65.4 Å². The number of aryl methyl sites for hydroxylation is 2. The second-order valence-corrected chi connectivity index (χ2v) is 5.83. The number of ether oxygens (including phenoxy) is 2. The molecule has 0 bridgehead atoms. The van der Waals surface area contributed by atoms with Gasteiger partial charge in [0.2, 0.25) is 0 Å². The molecule has 1 aliphatic rings. The van der Waals surface area contributed by atoms with Crippen molar-refractivity contribution in [3.05, 3.63) is 40.2 Å². The lowest BCUT2D eigenvalue weighted by molar-refractivity contribution is 0.0939. The summed E-state index contributed by atoms with van der Waals surface area (Å²) in [4.78, 5) is 12.5. The average Bonchev–Trinajstić information content (AvgIpc) is 2.79. The van der Waals surface area contributed by atoms with Crippen LogP contribution in [0, 0.1) is 6.92 Å². The Morgan fingerprint density at radius 3 is 2.70 bits per heavy atom. The smallest absolute Gasteiger partial charge is 0.256 e. The molecule has 1 aliphatic heterocycles. The molecule has 0 radical (unpaired) electrons. The number of carbonyl (C=O) groups is 1. The minimum Gasteiger partial charge on any atom is -0.486 e. The lowest BCUT2D eigenvalue weighted by Gasteiger charge is -2.21. The first-order valence-corrected chi connectivity index (χ1v) is 7.74. The first kappa shape index (κ1) is 15.7. The van der Waals surface area contributed by atoms with Gasteiger partial charge in [-0.1, -0.05) is 17.7 Å². The van der Waals surface area contributed by atoms with Gasteiger partial charge in [0, 0.05) is 7.05 Å². The van der Waals surface area contributed by atoms with Crippen LogP contribution in [0.1, 0.15) is 34.6 Å². The first-order valence-electron chi connectivity index (χ1n) is 7.37. The molecule has 1 N–H and O–H groups in total. The number of nitrogens with one attached hydrogen (secondary N) is 1. The van der Waals surface area contributed by atoms with Gasteiger partial charge in [-0.15, -0.1) is 0 Å². The Kier molecular flexibility index (Phi) is 4.17. The number of hydrogen-bond donors (Lipinski definition) is 1. The third-order valence-electron chi connectivity index (χ3n) is 3.79. The van der Waals surface area contributed by atoms with Crippen LogP contribution in [-0.2, 0) is 7.05 Å². The van der Waals surface area contributed by atoms with Crippen molar-refractivity contribution >= 4 is 17.5 Å². The second kappa shape index (κ2) is 6.12. The quantitative estimate of drug-likeness (QED) is 0.936. The van der Waals surface area contributed by atoms with Crippen LogP contribution in [0.25, 0.3) is 0 Å². The molecule has 2 heterocycles. The lowest BCUT2D eigenvalue weighted by Crippen LogP contribution is -2.27. The maximum Gasteiger partial charge on any atom is 0.256 e. The monoisotopic (exact) mass is 335 g/mol. The summed E-state index contributed by atoms with van der Waals surface area (Å²) in [6.07, 6.45) is 0. The van der Waals surface area contributed by atoms with E-state index in [0.29, 0.717) is 35.4 Å². The fourth-order valence-corrected chi connectivity index (χ4v) is 2.83. The highest BCUT2D eigenvalue weighted by atomic mass is 35.5. The summed E-state index contributed by atoms with van der Waals surface area (Å²) in [5, 5.41) is 7.43. The Labute approximate surface area is 139 Å². The maximum atomic E-state index is 12.5. The van der Waals surface area contributed by atoms with Gasteiger partial charge in [-0.2, -0.15) is 5.10 Å². The predicted molar refractivity (Wildman–Crippen MR) is 86.3 cm³/mol. The largest absolute Gasteiger partial charge is 0.486 e. The van der Waals surface area contributed by atoms with Crippen LogP contribution in [0.3, 0.4) is 0 Å². The second-order valence-electron chi connectivity index (χ2n) is 5.47. The molecule has 0 aliphatic carbocycles. The van der Waals surface area contributed by atoms with Gasteiger partial charge in [-0.25, -0.2) is 0 Å². The number of hydrogen-bond acceptors (Lipinski definition) is 4. The van der Waals surface area contributed by atoms with Crippen molar-refractivity contribution in [2.45, 2.75) is 19.9 Å². The lowest BCUT2D eigenvalue weighted by atomic mass is 10.1. The van der Waals surface area contributed by atoms with Crippen molar-refractivity contribution < 1.29 is 14.3 Å². The van der Waals surface area contributed by atoms with Gasteiger partial charge in [0.25, 0.3) is 5.91 Å². The normalized spacial score (nSPS) is 14.4. The zero-order valence-corrected chi connectivity index (χ0v) is 14.0. The molecule has 2 aromatic rings. The van der Waals surface area contributed by atoms with E-state index in [4.69, 9.17) is 21.1 Å². The average molecular weight is 336 g/mol. The minimum absolute atomic E-state index is 0.200. The molecule has 1 aromatic carbocycles. The van der Waals surface area contributed by atoms with Crippen LogP contribution >= 0.6 is 11.6 Å². The van der Waals surface area contributed by atoms with E-state index in [-0.39, 0.29) is 11.9 Å². The summed E-state index contributed by atoms with van der Waals surface area (Å²) >= 11 is 6.14. The molecule has 0 fully saturated rings. The number of carbonyl (C=O) groups excluding carboxylic acids is 1. The van der Waals surface area contributed by atoms with Crippen LogP contribution in [0.2, 0.25) is 5.15 Å². The summed E-state index contributed by atoms with van der Waals surface area (Å²) in [6.45, 7) is 4.75. The Hall–Kier alpha value is -2.21. The summed E-state index contributed by atoms with van der Waals surface area (Å²) in [5.74, 6) is 1.18. The molecule has 0 spiro atoms. The zero-order chi connectivity index (χ0) is 16.6. The number of aromatic nitrogens is 2. The molecule has 3 rings (SSSR count). The number of amides is 1. The molecule has 0 saturated heterocycles. The van der Waals surface area contributed by atoms with Crippen molar-refractivity contribution in [3.8, 4) is 11.5 Å². The molecule has 7 heteroatoms. The van der Waals surface area contributed by atoms with E-state index in [0.717, 1.165) is 11.3 Å². The van der Waals surface area contributed by atoms with Crippen LogP contribution in [0.5, 0.6) is 11.5 Å².